The van der Waals surface area contributed by atoms with Crippen LogP contribution in [0.4, 0.5) is 0 Å². The predicted molar refractivity (Wildman–Crippen MR) is 81.7 cm³/mol. The quantitative estimate of drug-likeness (QED) is 0.658. The summed E-state index contributed by atoms with van der Waals surface area (Å²) in [5, 5.41) is 2.04. The van der Waals surface area contributed by atoms with Crippen LogP contribution in [0.25, 0.3) is 0 Å². The molecule has 6 heteroatoms. The standard InChI is InChI=1S/C13H22BrNO3S/c1-10(15)13(12-8-11(14)9-19-12)18-7-6-17-5-3-4-16-2/h8-10,13H,3-7,15H2,1-2H3. The lowest BCUT2D eigenvalue weighted by Crippen LogP contribution is -2.27. The molecule has 0 aliphatic heterocycles. The van der Waals surface area contributed by atoms with Crippen LogP contribution in [0.5, 0.6) is 0 Å². The van der Waals surface area contributed by atoms with Crippen molar-refractivity contribution in [3.8, 4) is 0 Å². The van der Waals surface area contributed by atoms with Crippen LogP contribution < -0.4 is 5.73 Å². The lowest BCUT2D eigenvalue weighted by atomic mass is 10.1. The molecule has 0 aromatic carbocycles. The molecule has 1 aromatic rings. The van der Waals surface area contributed by atoms with Crippen molar-refractivity contribution in [2.24, 2.45) is 5.73 Å². The fraction of sp³-hybridized carbons (Fsp3) is 0.692. The maximum atomic E-state index is 5.97. The summed E-state index contributed by atoms with van der Waals surface area (Å²) in [5.41, 5.74) is 5.97. The largest absolute Gasteiger partial charge is 0.385 e. The van der Waals surface area contributed by atoms with Crippen LogP contribution in [-0.4, -0.2) is 39.6 Å². The summed E-state index contributed by atoms with van der Waals surface area (Å²) in [7, 11) is 1.69. The predicted octanol–water partition coefficient (Wildman–Crippen LogP) is 2.97. The van der Waals surface area contributed by atoms with Gasteiger partial charge in [0.1, 0.15) is 6.10 Å². The molecule has 0 aliphatic rings. The highest BCUT2D eigenvalue weighted by molar-refractivity contribution is 9.10. The molecule has 0 bridgehead atoms. The Morgan fingerprint density at radius 1 is 1.32 bits per heavy atom. The number of methoxy groups -OCH3 is 1. The number of thiophene rings is 1. The molecule has 0 radical (unpaired) electrons. The van der Waals surface area contributed by atoms with Crippen molar-refractivity contribution in [2.75, 3.05) is 33.5 Å². The topological polar surface area (TPSA) is 53.7 Å². The molecule has 0 spiro atoms. The molecule has 0 amide bonds. The summed E-state index contributed by atoms with van der Waals surface area (Å²) >= 11 is 5.10. The lowest BCUT2D eigenvalue weighted by molar-refractivity contribution is -0.00618. The minimum atomic E-state index is -0.0705. The minimum Gasteiger partial charge on any atom is -0.385 e. The number of rotatable bonds is 10. The molecule has 19 heavy (non-hydrogen) atoms. The lowest BCUT2D eigenvalue weighted by Gasteiger charge is -2.20. The van der Waals surface area contributed by atoms with Crippen molar-refractivity contribution in [1.29, 1.82) is 0 Å². The second kappa shape index (κ2) is 9.85. The summed E-state index contributed by atoms with van der Waals surface area (Å²) in [4.78, 5) is 1.14. The van der Waals surface area contributed by atoms with Gasteiger partial charge in [-0.25, -0.2) is 0 Å². The SMILES string of the molecule is COCCCOCCOC(c1cc(Br)cs1)C(C)N. The van der Waals surface area contributed by atoms with Gasteiger partial charge in [-0.1, -0.05) is 0 Å². The highest BCUT2D eigenvalue weighted by Gasteiger charge is 2.18. The van der Waals surface area contributed by atoms with Crippen molar-refractivity contribution >= 4 is 27.3 Å². The van der Waals surface area contributed by atoms with E-state index >= 15 is 0 Å². The van der Waals surface area contributed by atoms with Crippen molar-refractivity contribution < 1.29 is 14.2 Å². The Morgan fingerprint density at radius 3 is 2.68 bits per heavy atom. The number of ether oxygens (including phenoxy) is 3. The van der Waals surface area contributed by atoms with Crippen molar-refractivity contribution in [3.05, 3.63) is 20.8 Å². The molecule has 2 unspecified atom stereocenters. The molecular weight excluding hydrogens is 330 g/mol. The number of hydrogen-bond donors (Lipinski definition) is 1. The number of halogens is 1. The highest BCUT2D eigenvalue weighted by Crippen LogP contribution is 2.29. The summed E-state index contributed by atoms with van der Waals surface area (Å²) in [6.45, 7) is 4.52. The first-order valence-corrected chi connectivity index (χ1v) is 8.00. The Bertz CT molecular complexity index is 346. The molecule has 1 heterocycles. The maximum absolute atomic E-state index is 5.97. The molecule has 4 nitrogen and oxygen atoms in total. The van der Waals surface area contributed by atoms with Crippen molar-refractivity contribution in [1.82, 2.24) is 0 Å². The third kappa shape index (κ3) is 6.83. The average Bonchev–Trinajstić information content (AvgIpc) is 2.78. The zero-order chi connectivity index (χ0) is 14.1. The fourth-order valence-electron chi connectivity index (χ4n) is 1.61. The Kier molecular flexibility index (Phi) is 8.85. The van der Waals surface area contributed by atoms with Crippen molar-refractivity contribution in [3.63, 3.8) is 0 Å². The Balaban J connectivity index is 2.24. The third-order valence-corrected chi connectivity index (χ3v) is 4.26. The molecule has 1 rings (SSSR count). The molecule has 110 valence electrons. The summed E-state index contributed by atoms with van der Waals surface area (Å²) in [6, 6.07) is 2.01. The summed E-state index contributed by atoms with van der Waals surface area (Å²) < 4.78 is 17.3. The van der Waals surface area contributed by atoms with Crippen LogP contribution in [0.3, 0.4) is 0 Å². The van der Waals surface area contributed by atoms with Gasteiger partial charge in [-0.15, -0.1) is 11.3 Å². The first-order valence-electron chi connectivity index (χ1n) is 6.33. The van der Waals surface area contributed by atoms with Crippen LogP contribution in [0, 0.1) is 0 Å². The molecule has 0 aliphatic carbocycles. The Morgan fingerprint density at radius 2 is 2.11 bits per heavy atom. The van der Waals surface area contributed by atoms with E-state index in [1.807, 2.05) is 12.3 Å². The number of nitrogens with two attached hydrogens (primary N) is 1. The second-order valence-corrected chi connectivity index (χ2v) is 6.14. The Labute approximate surface area is 127 Å². The monoisotopic (exact) mass is 351 g/mol. The van der Waals surface area contributed by atoms with Crippen molar-refractivity contribution in [2.45, 2.75) is 25.5 Å². The molecule has 0 fully saturated rings. The maximum Gasteiger partial charge on any atom is 0.107 e. The van der Waals surface area contributed by atoms with Crippen LogP contribution >= 0.6 is 27.3 Å². The normalized spacial score (nSPS) is 14.5. The van der Waals surface area contributed by atoms with E-state index in [-0.39, 0.29) is 12.1 Å². The van der Waals surface area contributed by atoms with Crippen LogP contribution in [0.1, 0.15) is 24.3 Å². The van der Waals surface area contributed by atoms with Gasteiger partial charge in [0.15, 0.2) is 0 Å². The van der Waals surface area contributed by atoms with E-state index in [4.69, 9.17) is 19.9 Å². The summed E-state index contributed by atoms with van der Waals surface area (Å²) in [5.74, 6) is 0. The van der Waals surface area contributed by atoms with Gasteiger partial charge < -0.3 is 19.9 Å². The van der Waals surface area contributed by atoms with E-state index in [0.717, 1.165) is 22.4 Å². The van der Waals surface area contributed by atoms with Gasteiger partial charge in [0.25, 0.3) is 0 Å². The van der Waals surface area contributed by atoms with Gasteiger partial charge in [-0.3, -0.25) is 0 Å². The van der Waals surface area contributed by atoms with E-state index in [1.54, 1.807) is 18.4 Å². The molecule has 2 N–H and O–H groups in total. The van der Waals surface area contributed by atoms with E-state index in [1.165, 1.54) is 0 Å². The number of hydrogen-bond acceptors (Lipinski definition) is 5. The van der Waals surface area contributed by atoms with E-state index in [2.05, 4.69) is 22.0 Å². The molecular formula is C13H22BrNO3S. The van der Waals surface area contributed by atoms with E-state index in [9.17, 15) is 0 Å². The molecule has 1 aromatic heterocycles. The second-order valence-electron chi connectivity index (χ2n) is 4.28. The van der Waals surface area contributed by atoms with Crippen LogP contribution in [-0.2, 0) is 14.2 Å². The van der Waals surface area contributed by atoms with Gasteiger partial charge in [-0.05, 0) is 35.3 Å². The Hall–Kier alpha value is 0.0200. The van der Waals surface area contributed by atoms with Crippen LogP contribution in [0.15, 0.2) is 15.9 Å². The van der Waals surface area contributed by atoms with Gasteiger partial charge in [0.2, 0.25) is 0 Å². The highest BCUT2D eigenvalue weighted by atomic mass is 79.9. The minimum absolute atomic E-state index is 0.0426. The first kappa shape index (κ1) is 17.1. The van der Waals surface area contributed by atoms with Gasteiger partial charge >= 0.3 is 0 Å². The molecule has 0 saturated carbocycles. The van der Waals surface area contributed by atoms with Gasteiger partial charge in [0, 0.05) is 41.1 Å². The smallest absolute Gasteiger partial charge is 0.107 e. The van der Waals surface area contributed by atoms with Crippen LogP contribution in [0.2, 0.25) is 0 Å². The van der Waals surface area contributed by atoms with E-state index < -0.39 is 0 Å². The molecule has 0 saturated heterocycles. The zero-order valence-electron chi connectivity index (χ0n) is 11.4. The average molecular weight is 352 g/mol. The fourth-order valence-corrected chi connectivity index (χ4v) is 3.22. The summed E-state index contributed by atoms with van der Waals surface area (Å²) in [6.07, 6.45) is 0.837. The molecule has 2 atom stereocenters. The van der Waals surface area contributed by atoms with Gasteiger partial charge in [-0.2, -0.15) is 0 Å². The van der Waals surface area contributed by atoms with E-state index in [0.29, 0.717) is 19.8 Å². The third-order valence-electron chi connectivity index (χ3n) is 2.51. The van der Waals surface area contributed by atoms with Gasteiger partial charge in [0.05, 0.1) is 13.2 Å². The first-order chi connectivity index (χ1) is 9.15. The zero-order valence-corrected chi connectivity index (χ0v) is 13.8.